The minimum Gasteiger partial charge on any atom is -0.497 e. The normalized spacial score (nSPS) is 12.0. The van der Waals surface area contributed by atoms with Crippen LogP contribution < -0.4 is 10.1 Å². The molecule has 0 aliphatic carbocycles. The summed E-state index contributed by atoms with van der Waals surface area (Å²) in [6.07, 6.45) is -1.25. The monoisotopic (exact) mass is 342 g/mol. The van der Waals surface area contributed by atoms with Gasteiger partial charge in [-0.15, -0.1) is 0 Å². The number of nitrogens with zero attached hydrogens (tertiary/aromatic N) is 1. The number of rotatable bonds is 8. The highest BCUT2D eigenvalue weighted by atomic mass is 16.5. The summed E-state index contributed by atoms with van der Waals surface area (Å²) in [5.74, 6) is 0.138. The third kappa shape index (κ3) is 5.31. The second kappa shape index (κ2) is 9.20. The van der Waals surface area contributed by atoms with Gasteiger partial charge in [0.05, 0.1) is 7.11 Å². The van der Waals surface area contributed by atoms with E-state index in [0.717, 1.165) is 25.2 Å². The molecule has 0 bridgehead atoms. The van der Waals surface area contributed by atoms with Gasteiger partial charge in [-0.3, -0.25) is 9.69 Å². The second-order valence-corrected chi connectivity index (χ2v) is 5.83. The van der Waals surface area contributed by atoms with E-state index in [4.69, 9.17) is 4.74 Å². The van der Waals surface area contributed by atoms with Crippen LogP contribution in [0.4, 0.5) is 5.69 Å². The Balaban J connectivity index is 2.06. The van der Waals surface area contributed by atoms with Gasteiger partial charge in [0.2, 0.25) is 0 Å². The number of aliphatic hydroxyl groups excluding tert-OH is 1. The molecule has 5 heteroatoms. The largest absolute Gasteiger partial charge is 0.497 e. The van der Waals surface area contributed by atoms with E-state index < -0.39 is 12.0 Å². The first-order valence-electron chi connectivity index (χ1n) is 8.51. The van der Waals surface area contributed by atoms with Crippen molar-refractivity contribution in [3.63, 3.8) is 0 Å². The predicted octanol–water partition coefficient (Wildman–Crippen LogP) is 3.21. The minimum absolute atomic E-state index is 0.465. The average molecular weight is 342 g/mol. The SMILES string of the molecule is CCN(CC)Cc1cccc(NC(=O)C(O)c2cccc(OC)c2)c1. The molecule has 1 atom stereocenters. The fraction of sp³-hybridized carbons (Fsp3) is 0.350. The van der Waals surface area contributed by atoms with E-state index >= 15 is 0 Å². The molecule has 0 radical (unpaired) electrons. The van der Waals surface area contributed by atoms with E-state index in [1.54, 1.807) is 31.4 Å². The van der Waals surface area contributed by atoms with Gasteiger partial charge in [0.25, 0.3) is 5.91 Å². The summed E-state index contributed by atoms with van der Waals surface area (Å²) in [4.78, 5) is 14.6. The molecule has 0 spiro atoms. The highest BCUT2D eigenvalue weighted by molar-refractivity contribution is 5.94. The lowest BCUT2D eigenvalue weighted by molar-refractivity contribution is -0.124. The van der Waals surface area contributed by atoms with Gasteiger partial charge >= 0.3 is 0 Å². The molecule has 2 rings (SSSR count). The average Bonchev–Trinajstić information content (AvgIpc) is 2.65. The first kappa shape index (κ1) is 19.0. The molecule has 2 N–H and O–H groups in total. The predicted molar refractivity (Wildman–Crippen MR) is 99.7 cm³/mol. The van der Waals surface area contributed by atoms with E-state index in [-0.39, 0.29) is 0 Å². The van der Waals surface area contributed by atoms with E-state index in [0.29, 0.717) is 17.0 Å². The number of benzene rings is 2. The zero-order chi connectivity index (χ0) is 18.2. The standard InChI is InChI=1S/C20H26N2O3/c1-4-22(5-2)14-15-8-6-10-17(12-15)21-20(24)19(23)16-9-7-11-18(13-16)25-3/h6-13,19,23H,4-5,14H2,1-3H3,(H,21,24). The van der Waals surface area contributed by atoms with Crippen LogP contribution in [0.3, 0.4) is 0 Å². The van der Waals surface area contributed by atoms with E-state index in [2.05, 4.69) is 24.1 Å². The zero-order valence-electron chi connectivity index (χ0n) is 15.0. The van der Waals surface area contributed by atoms with Crippen LogP contribution in [0.15, 0.2) is 48.5 Å². The Labute approximate surface area is 149 Å². The van der Waals surface area contributed by atoms with Crippen molar-refractivity contribution in [1.82, 2.24) is 4.90 Å². The van der Waals surface area contributed by atoms with Crippen LogP contribution in [0.1, 0.15) is 31.1 Å². The topological polar surface area (TPSA) is 61.8 Å². The van der Waals surface area contributed by atoms with Gasteiger partial charge in [0, 0.05) is 12.2 Å². The van der Waals surface area contributed by atoms with Crippen molar-refractivity contribution < 1.29 is 14.6 Å². The maximum absolute atomic E-state index is 12.3. The summed E-state index contributed by atoms with van der Waals surface area (Å²) in [7, 11) is 1.55. The van der Waals surface area contributed by atoms with Crippen molar-refractivity contribution in [3.8, 4) is 5.75 Å². The molecule has 1 amide bonds. The third-order valence-electron chi connectivity index (χ3n) is 4.15. The van der Waals surface area contributed by atoms with Gasteiger partial charge in [0.15, 0.2) is 6.10 Å². The molecule has 0 aromatic heterocycles. The van der Waals surface area contributed by atoms with E-state index in [9.17, 15) is 9.90 Å². The molecular weight excluding hydrogens is 316 g/mol. The molecule has 0 aliphatic rings. The quantitative estimate of drug-likeness (QED) is 0.773. The number of anilines is 1. The van der Waals surface area contributed by atoms with Crippen molar-refractivity contribution in [2.24, 2.45) is 0 Å². The fourth-order valence-corrected chi connectivity index (χ4v) is 2.63. The Kier molecular flexibility index (Phi) is 6.98. The van der Waals surface area contributed by atoms with E-state index in [1.165, 1.54) is 0 Å². The Morgan fingerprint density at radius 1 is 1.16 bits per heavy atom. The molecule has 0 saturated heterocycles. The number of ether oxygens (including phenoxy) is 1. The molecule has 134 valence electrons. The van der Waals surface area contributed by atoms with Crippen LogP contribution in [0.5, 0.6) is 5.75 Å². The number of amides is 1. The summed E-state index contributed by atoms with van der Waals surface area (Å²) >= 11 is 0. The summed E-state index contributed by atoms with van der Waals surface area (Å²) in [5, 5.41) is 13.1. The Bertz CT molecular complexity index is 699. The Morgan fingerprint density at radius 3 is 2.56 bits per heavy atom. The summed E-state index contributed by atoms with van der Waals surface area (Å²) in [6, 6.07) is 14.6. The van der Waals surface area contributed by atoms with Crippen molar-refractivity contribution in [2.75, 3.05) is 25.5 Å². The molecule has 0 aliphatic heterocycles. The number of nitrogens with one attached hydrogen (secondary N) is 1. The number of aliphatic hydroxyl groups is 1. The highest BCUT2D eigenvalue weighted by Crippen LogP contribution is 2.21. The van der Waals surface area contributed by atoms with Crippen LogP contribution in [-0.4, -0.2) is 36.1 Å². The molecule has 2 aromatic carbocycles. The maximum atomic E-state index is 12.3. The second-order valence-electron chi connectivity index (χ2n) is 5.83. The molecular formula is C20H26N2O3. The molecule has 1 unspecified atom stereocenters. The van der Waals surface area contributed by atoms with Crippen LogP contribution >= 0.6 is 0 Å². The van der Waals surface area contributed by atoms with Gasteiger partial charge < -0.3 is 15.2 Å². The molecule has 0 fully saturated rings. The molecule has 0 saturated carbocycles. The molecule has 0 heterocycles. The van der Waals surface area contributed by atoms with Crippen LogP contribution in [-0.2, 0) is 11.3 Å². The summed E-state index contributed by atoms with van der Waals surface area (Å²) < 4.78 is 5.13. The van der Waals surface area contributed by atoms with Gasteiger partial charge in [-0.2, -0.15) is 0 Å². The van der Waals surface area contributed by atoms with Crippen molar-refractivity contribution in [1.29, 1.82) is 0 Å². The molecule has 25 heavy (non-hydrogen) atoms. The highest BCUT2D eigenvalue weighted by Gasteiger charge is 2.18. The van der Waals surface area contributed by atoms with Gasteiger partial charge in [-0.05, 0) is 48.5 Å². The Hall–Kier alpha value is -2.37. The lowest BCUT2D eigenvalue weighted by Gasteiger charge is -2.18. The lowest BCUT2D eigenvalue weighted by Crippen LogP contribution is -2.23. The number of carbonyl (C=O) groups is 1. The number of hydrogen-bond donors (Lipinski definition) is 2. The minimum atomic E-state index is -1.25. The fourth-order valence-electron chi connectivity index (χ4n) is 2.63. The van der Waals surface area contributed by atoms with Crippen molar-refractivity contribution in [2.45, 2.75) is 26.5 Å². The van der Waals surface area contributed by atoms with Gasteiger partial charge in [-0.1, -0.05) is 38.1 Å². The van der Waals surface area contributed by atoms with Crippen LogP contribution in [0.2, 0.25) is 0 Å². The van der Waals surface area contributed by atoms with Gasteiger partial charge in [-0.25, -0.2) is 0 Å². The smallest absolute Gasteiger partial charge is 0.257 e. The zero-order valence-corrected chi connectivity index (χ0v) is 15.0. The van der Waals surface area contributed by atoms with Crippen LogP contribution in [0, 0.1) is 0 Å². The lowest BCUT2D eigenvalue weighted by atomic mass is 10.1. The number of carbonyl (C=O) groups excluding carboxylic acids is 1. The summed E-state index contributed by atoms with van der Waals surface area (Å²) in [5.41, 5.74) is 2.30. The van der Waals surface area contributed by atoms with Gasteiger partial charge in [0.1, 0.15) is 5.75 Å². The maximum Gasteiger partial charge on any atom is 0.257 e. The first-order chi connectivity index (χ1) is 12.1. The Morgan fingerprint density at radius 2 is 1.88 bits per heavy atom. The van der Waals surface area contributed by atoms with Crippen molar-refractivity contribution in [3.05, 3.63) is 59.7 Å². The third-order valence-corrected chi connectivity index (χ3v) is 4.15. The molecule has 2 aromatic rings. The number of methoxy groups -OCH3 is 1. The number of hydrogen-bond acceptors (Lipinski definition) is 4. The first-order valence-corrected chi connectivity index (χ1v) is 8.51. The molecule has 5 nitrogen and oxygen atoms in total. The summed E-state index contributed by atoms with van der Waals surface area (Å²) in [6.45, 7) is 7.03. The van der Waals surface area contributed by atoms with Crippen LogP contribution in [0.25, 0.3) is 0 Å². The van der Waals surface area contributed by atoms with E-state index in [1.807, 2.05) is 24.3 Å². The van der Waals surface area contributed by atoms with Crippen molar-refractivity contribution >= 4 is 11.6 Å².